The van der Waals surface area contributed by atoms with Crippen LogP contribution in [-0.2, 0) is 11.3 Å². The summed E-state index contributed by atoms with van der Waals surface area (Å²) in [4.78, 5) is 14.3. The fraction of sp³-hybridized carbons (Fsp3) is 0.192. The first-order valence-corrected chi connectivity index (χ1v) is 12.6. The van der Waals surface area contributed by atoms with Crippen molar-refractivity contribution in [2.24, 2.45) is 5.92 Å². The molecule has 5 aromatic rings. The van der Waals surface area contributed by atoms with Crippen LogP contribution in [0.25, 0.3) is 38.9 Å². The molecule has 1 aliphatic rings. The Bertz CT molecular complexity index is 1560. The molecule has 0 saturated heterocycles. The third-order valence-corrected chi connectivity index (χ3v) is 7.16. The van der Waals surface area contributed by atoms with Gasteiger partial charge in [-0.1, -0.05) is 48.5 Å². The number of benzene rings is 2. The van der Waals surface area contributed by atoms with E-state index in [2.05, 4.69) is 46.1 Å². The molecule has 9 heteroatoms. The van der Waals surface area contributed by atoms with E-state index in [0.29, 0.717) is 18.3 Å². The monoisotopic (exact) mass is 484 g/mol. The molecule has 1 saturated carbocycles. The average Bonchev–Trinajstić information content (AvgIpc) is 3.23. The van der Waals surface area contributed by atoms with E-state index < -0.39 is 11.3 Å². The van der Waals surface area contributed by atoms with E-state index in [4.69, 9.17) is 20.3 Å². The quantitative estimate of drug-likeness (QED) is 0.307. The van der Waals surface area contributed by atoms with Crippen molar-refractivity contribution in [1.82, 2.24) is 24.1 Å². The maximum absolute atomic E-state index is 10.9. The molecule has 35 heavy (non-hydrogen) atoms. The molecule has 0 amide bonds. The van der Waals surface area contributed by atoms with Gasteiger partial charge in [-0.25, -0.2) is 23.9 Å². The number of nitrogens with one attached hydrogen (secondary N) is 1. The Morgan fingerprint density at radius 2 is 1.86 bits per heavy atom. The van der Waals surface area contributed by atoms with Gasteiger partial charge in [0.1, 0.15) is 22.9 Å². The van der Waals surface area contributed by atoms with E-state index in [1.165, 1.54) is 0 Å². The number of aromatic nitrogens is 4. The van der Waals surface area contributed by atoms with E-state index in [-0.39, 0.29) is 5.92 Å². The van der Waals surface area contributed by atoms with Crippen molar-refractivity contribution in [2.75, 3.05) is 12.3 Å². The Balaban J connectivity index is 1.39. The first kappa shape index (κ1) is 21.8. The number of hydrogen-bond donors (Lipinski definition) is 3. The summed E-state index contributed by atoms with van der Waals surface area (Å²) in [6.07, 6.45) is 5.38. The van der Waals surface area contributed by atoms with Crippen molar-refractivity contribution in [3.63, 3.8) is 0 Å². The number of fused-ring (bicyclic) bond motifs is 2. The predicted molar refractivity (Wildman–Crippen MR) is 138 cm³/mol. The topological polar surface area (TPSA) is 118 Å². The van der Waals surface area contributed by atoms with Gasteiger partial charge in [-0.15, -0.1) is 0 Å². The minimum absolute atomic E-state index is 0.250. The lowest BCUT2D eigenvalue weighted by molar-refractivity contribution is 0.255. The van der Waals surface area contributed by atoms with Crippen molar-refractivity contribution in [3.05, 3.63) is 78.9 Å². The lowest BCUT2D eigenvalue weighted by Crippen LogP contribution is -2.33. The number of nitrogen functional groups attached to an aromatic ring is 1. The van der Waals surface area contributed by atoms with Gasteiger partial charge in [0.15, 0.2) is 0 Å². The summed E-state index contributed by atoms with van der Waals surface area (Å²) in [7, 11) is 0. The lowest BCUT2D eigenvalue weighted by Gasteiger charge is -2.34. The molecule has 176 valence electrons. The van der Waals surface area contributed by atoms with Gasteiger partial charge in [-0.3, -0.25) is 8.95 Å². The van der Waals surface area contributed by atoms with Crippen molar-refractivity contribution in [3.8, 4) is 22.5 Å². The number of hydrogen-bond acceptors (Lipinski definition) is 5. The van der Waals surface area contributed by atoms with Crippen molar-refractivity contribution in [2.45, 2.75) is 18.8 Å². The number of pyridine rings is 1. The smallest absolute Gasteiger partial charge is 0.231 e. The molecule has 1 unspecified atom stereocenters. The highest BCUT2D eigenvalue weighted by Gasteiger charge is 2.34. The molecule has 6 rings (SSSR count). The Morgan fingerprint density at radius 1 is 1.06 bits per heavy atom. The number of nitrogens with zero attached hydrogens (tertiary/aromatic N) is 4. The SMILES string of the molecule is Nc1nccn2c(C3CC(CNS(=O)O)C3)nc(-c3ccc4ccc(-c5ccccc5)nc4c3)c12. The summed E-state index contributed by atoms with van der Waals surface area (Å²) in [5, 5.41) is 1.05. The zero-order valence-electron chi connectivity index (χ0n) is 18.8. The van der Waals surface area contributed by atoms with Crippen molar-refractivity contribution >= 4 is 33.5 Å². The molecule has 1 atom stereocenters. The van der Waals surface area contributed by atoms with Gasteiger partial charge in [0.25, 0.3) is 0 Å². The molecule has 4 N–H and O–H groups in total. The summed E-state index contributed by atoms with van der Waals surface area (Å²) in [5.41, 5.74) is 11.7. The second-order valence-corrected chi connectivity index (χ2v) is 9.74. The van der Waals surface area contributed by atoms with Crippen LogP contribution in [0, 0.1) is 5.92 Å². The third kappa shape index (κ3) is 4.07. The van der Waals surface area contributed by atoms with Crippen molar-refractivity contribution in [1.29, 1.82) is 0 Å². The number of rotatable bonds is 6. The normalized spacial score (nSPS) is 18.5. The predicted octanol–water partition coefficient (Wildman–Crippen LogP) is 4.41. The largest absolute Gasteiger partial charge is 0.382 e. The number of imidazole rings is 1. The van der Waals surface area contributed by atoms with Gasteiger partial charge in [0.05, 0.1) is 11.2 Å². The van der Waals surface area contributed by atoms with E-state index in [1.54, 1.807) is 6.20 Å². The van der Waals surface area contributed by atoms with Crippen LogP contribution in [0.5, 0.6) is 0 Å². The third-order valence-electron chi connectivity index (χ3n) is 6.74. The Labute approximate surface area is 204 Å². The highest BCUT2D eigenvalue weighted by molar-refractivity contribution is 7.77. The van der Waals surface area contributed by atoms with Gasteiger partial charge in [0, 0.05) is 41.4 Å². The molecule has 3 aromatic heterocycles. The number of nitrogens with two attached hydrogens (primary N) is 1. The van der Waals surface area contributed by atoms with Gasteiger partial charge in [0.2, 0.25) is 11.3 Å². The van der Waals surface area contributed by atoms with Crippen LogP contribution in [-0.4, -0.2) is 34.7 Å². The molecule has 1 fully saturated rings. The van der Waals surface area contributed by atoms with Crippen LogP contribution in [0.3, 0.4) is 0 Å². The summed E-state index contributed by atoms with van der Waals surface area (Å²) in [5.74, 6) is 1.96. The lowest BCUT2D eigenvalue weighted by atomic mass is 9.74. The van der Waals surface area contributed by atoms with Crippen LogP contribution in [0.2, 0.25) is 0 Å². The van der Waals surface area contributed by atoms with Crippen LogP contribution in [0.15, 0.2) is 73.1 Å². The van der Waals surface area contributed by atoms with Gasteiger partial charge in [-0.2, -0.15) is 0 Å². The summed E-state index contributed by atoms with van der Waals surface area (Å²) < 4.78 is 24.5. The standard InChI is InChI=1S/C26H24N6O2S/c27-25-24-23(31-26(32(24)11-10-28-25)20-12-16(13-20)15-29-35(33)34)19-7-6-18-8-9-21(30-22(18)14-19)17-4-2-1-3-5-17/h1-11,14,16,20,29H,12-13,15H2,(H2,27,28)(H,33,34). The zero-order valence-corrected chi connectivity index (χ0v) is 19.7. The van der Waals surface area contributed by atoms with E-state index in [1.807, 2.05) is 34.9 Å². The Morgan fingerprint density at radius 3 is 2.66 bits per heavy atom. The molecule has 1 aliphatic carbocycles. The first-order chi connectivity index (χ1) is 17.1. The maximum atomic E-state index is 10.9. The van der Waals surface area contributed by atoms with Gasteiger partial charge >= 0.3 is 0 Å². The summed E-state index contributed by atoms with van der Waals surface area (Å²) in [6, 6.07) is 20.4. The molecule has 3 heterocycles. The molecular weight excluding hydrogens is 460 g/mol. The fourth-order valence-electron chi connectivity index (χ4n) is 4.91. The molecule has 8 nitrogen and oxygen atoms in total. The highest BCUT2D eigenvalue weighted by atomic mass is 32.2. The van der Waals surface area contributed by atoms with Crippen molar-refractivity contribution < 1.29 is 8.76 Å². The van der Waals surface area contributed by atoms with Crippen LogP contribution in [0.4, 0.5) is 5.82 Å². The maximum Gasteiger partial charge on any atom is 0.231 e. The van der Waals surface area contributed by atoms with Gasteiger partial charge in [-0.05, 0) is 30.9 Å². The van der Waals surface area contributed by atoms with E-state index in [0.717, 1.165) is 57.6 Å². The molecule has 2 aromatic carbocycles. The molecule has 0 bridgehead atoms. The average molecular weight is 485 g/mol. The summed E-state index contributed by atoms with van der Waals surface area (Å²) in [6.45, 7) is 0.513. The molecule has 0 aliphatic heterocycles. The van der Waals surface area contributed by atoms with E-state index >= 15 is 0 Å². The van der Waals surface area contributed by atoms with Crippen LogP contribution in [0.1, 0.15) is 24.6 Å². The van der Waals surface area contributed by atoms with Crippen LogP contribution >= 0.6 is 0 Å². The van der Waals surface area contributed by atoms with Crippen LogP contribution < -0.4 is 10.5 Å². The number of anilines is 1. The fourth-order valence-corrected chi connectivity index (χ4v) is 5.29. The highest BCUT2D eigenvalue weighted by Crippen LogP contribution is 2.43. The minimum atomic E-state index is -1.98. The molecular formula is C26H24N6O2S. The Kier molecular flexibility index (Phi) is 5.52. The molecule has 0 spiro atoms. The second-order valence-electron chi connectivity index (χ2n) is 8.95. The second kappa shape index (κ2) is 8.84. The zero-order chi connectivity index (χ0) is 23.9. The van der Waals surface area contributed by atoms with Gasteiger partial charge < -0.3 is 5.73 Å². The van der Waals surface area contributed by atoms with E-state index in [9.17, 15) is 4.21 Å². The summed E-state index contributed by atoms with van der Waals surface area (Å²) >= 11 is -1.98. The first-order valence-electron chi connectivity index (χ1n) is 11.5. The molecule has 0 radical (unpaired) electrons. The Hall–Kier alpha value is -3.66. The minimum Gasteiger partial charge on any atom is -0.382 e.